The number of hydrogen-bond acceptors (Lipinski definition) is 2. The first-order valence-corrected chi connectivity index (χ1v) is 5.94. The lowest BCUT2D eigenvalue weighted by Gasteiger charge is -2.16. The van der Waals surface area contributed by atoms with Crippen LogP contribution in [0.2, 0.25) is 0 Å². The van der Waals surface area contributed by atoms with Gasteiger partial charge >= 0.3 is 0 Å². The highest BCUT2D eigenvalue weighted by Crippen LogP contribution is 2.13. The molecule has 0 amide bonds. The van der Waals surface area contributed by atoms with Crippen LogP contribution in [-0.2, 0) is 6.54 Å². The van der Waals surface area contributed by atoms with E-state index in [1.54, 1.807) is 18.2 Å². The van der Waals surface area contributed by atoms with Crippen molar-refractivity contribution in [2.45, 2.75) is 12.6 Å². The summed E-state index contributed by atoms with van der Waals surface area (Å²) < 4.78 is 13.4. The maximum Gasteiger partial charge on any atom is 0.127 e. The van der Waals surface area contributed by atoms with Crippen LogP contribution in [0.1, 0.15) is 17.2 Å². The smallest absolute Gasteiger partial charge is 0.127 e. The van der Waals surface area contributed by atoms with Gasteiger partial charge in [0.15, 0.2) is 0 Å². The summed E-state index contributed by atoms with van der Waals surface area (Å²) >= 11 is 0. The van der Waals surface area contributed by atoms with Crippen LogP contribution in [0.5, 0.6) is 0 Å². The average Bonchev–Trinajstić information content (AvgIpc) is 2.42. The summed E-state index contributed by atoms with van der Waals surface area (Å²) in [5.74, 6) is -0.227. The van der Waals surface area contributed by atoms with Crippen molar-refractivity contribution >= 4 is 0 Å². The van der Waals surface area contributed by atoms with Crippen LogP contribution in [0.3, 0.4) is 0 Å². The largest absolute Gasteiger partial charge is 0.394 e. The molecule has 0 saturated carbocycles. The highest BCUT2D eigenvalue weighted by Gasteiger charge is 2.10. The van der Waals surface area contributed by atoms with Crippen molar-refractivity contribution in [1.82, 2.24) is 5.32 Å². The Morgan fingerprint density at radius 1 is 1.00 bits per heavy atom. The molecule has 2 aromatic rings. The van der Waals surface area contributed by atoms with E-state index in [-0.39, 0.29) is 18.5 Å². The Hall–Kier alpha value is -1.71. The van der Waals surface area contributed by atoms with Crippen LogP contribution in [0.4, 0.5) is 4.39 Å². The molecule has 0 bridgehead atoms. The molecule has 18 heavy (non-hydrogen) atoms. The van der Waals surface area contributed by atoms with Gasteiger partial charge in [-0.05, 0) is 11.6 Å². The number of benzene rings is 2. The highest BCUT2D eigenvalue weighted by molar-refractivity contribution is 5.21. The zero-order chi connectivity index (χ0) is 12.8. The molecule has 0 fully saturated rings. The Labute approximate surface area is 106 Å². The van der Waals surface area contributed by atoms with Gasteiger partial charge in [0.1, 0.15) is 5.82 Å². The molecule has 0 spiro atoms. The van der Waals surface area contributed by atoms with E-state index in [9.17, 15) is 9.50 Å². The fourth-order valence-electron chi connectivity index (χ4n) is 1.85. The number of halogens is 1. The van der Waals surface area contributed by atoms with E-state index in [0.717, 1.165) is 5.56 Å². The van der Waals surface area contributed by atoms with Gasteiger partial charge in [-0.3, -0.25) is 0 Å². The Morgan fingerprint density at radius 3 is 2.33 bits per heavy atom. The predicted molar refractivity (Wildman–Crippen MR) is 69.5 cm³/mol. The van der Waals surface area contributed by atoms with E-state index in [1.807, 2.05) is 30.3 Å². The van der Waals surface area contributed by atoms with Crippen LogP contribution < -0.4 is 5.32 Å². The standard InChI is InChI=1S/C15H16FNO/c16-14-9-5-4-8-13(14)10-17-15(11-18)12-6-2-1-3-7-12/h1-9,15,17-18H,10-11H2. The van der Waals surface area contributed by atoms with Crippen molar-refractivity contribution in [3.05, 3.63) is 71.5 Å². The van der Waals surface area contributed by atoms with Gasteiger partial charge in [-0.15, -0.1) is 0 Å². The fourth-order valence-corrected chi connectivity index (χ4v) is 1.85. The summed E-state index contributed by atoms with van der Waals surface area (Å²) in [7, 11) is 0. The molecule has 1 atom stereocenters. The first kappa shape index (κ1) is 12.7. The topological polar surface area (TPSA) is 32.3 Å². The van der Waals surface area contributed by atoms with Gasteiger partial charge in [0, 0.05) is 12.1 Å². The minimum Gasteiger partial charge on any atom is -0.394 e. The zero-order valence-electron chi connectivity index (χ0n) is 10.0. The fraction of sp³-hybridized carbons (Fsp3) is 0.200. The van der Waals surface area contributed by atoms with Gasteiger partial charge in [-0.1, -0.05) is 48.5 Å². The van der Waals surface area contributed by atoms with Crippen LogP contribution in [0.25, 0.3) is 0 Å². The second-order valence-electron chi connectivity index (χ2n) is 4.12. The summed E-state index contributed by atoms with van der Waals surface area (Å²) in [6.07, 6.45) is 0. The quantitative estimate of drug-likeness (QED) is 0.848. The average molecular weight is 245 g/mol. The van der Waals surface area contributed by atoms with E-state index in [1.165, 1.54) is 6.07 Å². The normalized spacial score (nSPS) is 12.3. The molecule has 2 N–H and O–H groups in total. The second-order valence-corrected chi connectivity index (χ2v) is 4.12. The van der Waals surface area contributed by atoms with Crippen LogP contribution >= 0.6 is 0 Å². The summed E-state index contributed by atoms with van der Waals surface area (Å²) in [4.78, 5) is 0. The molecular weight excluding hydrogens is 229 g/mol. The summed E-state index contributed by atoms with van der Waals surface area (Å²) in [6.45, 7) is 0.380. The molecule has 0 aromatic heterocycles. The van der Waals surface area contributed by atoms with E-state index < -0.39 is 0 Å². The molecule has 2 aromatic carbocycles. The van der Waals surface area contributed by atoms with Crippen molar-refractivity contribution < 1.29 is 9.50 Å². The molecule has 0 saturated heterocycles. The van der Waals surface area contributed by atoms with E-state index in [2.05, 4.69) is 5.32 Å². The molecule has 94 valence electrons. The molecule has 0 aliphatic rings. The molecule has 3 heteroatoms. The number of nitrogens with one attached hydrogen (secondary N) is 1. The number of hydrogen-bond donors (Lipinski definition) is 2. The third-order valence-corrected chi connectivity index (χ3v) is 2.88. The molecule has 2 nitrogen and oxygen atoms in total. The van der Waals surface area contributed by atoms with Gasteiger partial charge in [0.2, 0.25) is 0 Å². The molecule has 1 unspecified atom stereocenters. The first-order chi connectivity index (χ1) is 8.81. The summed E-state index contributed by atoms with van der Waals surface area (Å²) in [5.41, 5.74) is 1.60. The van der Waals surface area contributed by atoms with E-state index >= 15 is 0 Å². The number of aliphatic hydroxyl groups is 1. The third-order valence-electron chi connectivity index (χ3n) is 2.88. The Balaban J connectivity index is 2.02. The molecule has 0 heterocycles. The Morgan fingerprint density at radius 2 is 1.67 bits per heavy atom. The van der Waals surface area contributed by atoms with Crippen LogP contribution in [0.15, 0.2) is 54.6 Å². The van der Waals surface area contributed by atoms with Crippen molar-refractivity contribution in [2.24, 2.45) is 0 Å². The monoisotopic (exact) mass is 245 g/mol. The molecule has 0 radical (unpaired) electrons. The summed E-state index contributed by atoms with van der Waals surface area (Å²) in [6, 6.07) is 16.1. The zero-order valence-corrected chi connectivity index (χ0v) is 10.0. The lowest BCUT2D eigenvalue weighted by molar-refractivity contribution is 0.243. The Bertz CT molecular complexity index is 487. The van der Waals surface area contributed by atoms with Crippen molar-refractivity contribution in [3.63, 3.8) is 0 Å². The van der Waals surface area contributed by atoms with Gasteiger partial charge in [0.25, 0.3) is 0 Å². The maximum atomic E-state index is 13.4. The molecule has 2 rings (SSSR count). The predicted octanol–water partition coefficient (Wildman–Crippen LogP) is 2.65. The Kier molecular flexibility index (Phi) is 4.45. The highest BCUT2D eigenvalue weighted by atomic mass is 19.1. The SMILES string of the molecule is OCC(NCc1ccccc1F)c1ccccc1. The number of rotatable bonds is 5. The molecular formula is C15H16FNO. The summed E-state index contributed by atoms with van der Waals surface area (Å²) in [5, 5.41) is 12.5. The van der Waals surface area contributed by atoms with Gasteiger partial charge in [-0.2, -0.15) is 0 Å². The van der Waals surface area contributed by atoms with Crippen LogP contribution in [-0.4, -0.2) is 11.7 Å². The van der Waals surface area contributed by atoms with Crippen LogP contribution in [0, 0.1) is 5.82 Å². The third kappa shape index (κ3) is 3.15. The van der Waals surface area contributed by atoms with Gasteiger partial charge in [0.05, 0.1) is 12.6 Å². The van der Waals surface area contributed by atoms with E-state index in [4.69, 9.17) is 0 Å². The number of aliphatic hydroxyl groups excluding tert-OH is 1. The first-order valence-electron chi connectivity index (χ1n) is 5.94. The lowest BCUT2D eigenvalue weighted by atomic mass is 10.1. The van der Waals surface area contributed by atoms with E-state index in [0.29, 0.717) is 12.1 Å². The molecule has 0 aliphatic heterocycles. The van der Waals surface area contributed by atoms with Crippen molar-refractivity contribution in [1.29, 1.82) is 0 Å². The minimum absolute atomic E-state index is 0.0154. The van der Waals surface area contributed by atoms with Crippen molar-refractivity contribution in [3.8, 4) is 0 Å². The van der Waals surface area contributed by atoms with Gasteiger partial charge in [-0.25, -0.2) is 4.39 Å². The second kappa shape index (κ2) is 6.28. The maximum absolute atomic E-state index is 13.4. The van der Waals surface area contributed by atoms with Gasteiger partial charge < -0.3 is 10.4 Å². The van der Waals surface area contributed by atoms with Crippen molar-refractivity contribution in [2.75, 3.05) is 6.61 Å². The lowest BCUT2D eigenvalue weighted by Crippen LogP contribution is -2.24. The molecule has 0 aliphatic carbocycles. The minimum atomic E-state index is -0.227.